The molecule has 1 aromatic rings. The number of hydrogen-bond acceptors (Lipinski definition) is 2. The lowest BCUT2D eigenvalue weighted by atomic mass is 10.2. The second-order valence-electron chi connectivity index (χ2n) is 4.31. The first-order valence-corrected chi connectivity index (χ1v) is 7.94. The Hall–Kier alpha value is -0.440. The summed E-state index contributed by atoms with van der Waals surface area (Å²) in [6, 6.07) is 10.3. The number of amides is 1. The van der Waals surface area contributed by atoms with Crippen LogP contribution in [0.4, 0.5) is 0 Å². The maximum Gasteiger partial charge on any atom is 0.271 e. The summed E-state index contributed by atoms with van der Waals surface area (Å²) in [5.41, 5.74) is 3.49. The Labute approximate surface area is 108 Å². The summed E-state index contributed by atoms with van der Waals surface area (Å²) < 4.78 is 0. The topological polar surface area (TPSA) is 55.1 Å². The zero-order valence-corrected chi connectivity index (χ0v) is 12.1. The number of rotatable bonds is 4. The number of nitrogens with two attached hydrogens (primary N) is 1. The predicted octanol–water partition coefficient (Wildman–Crippen LogP) is -1.54. The Morgan fingerprint density at radius 2 is 1.88 bits per heavy atom. The van der Waals surface area contributed by atoms with Crippen LogP contribution in [-0.4, -0.2) is 25.4 Å². The van der Waals surface area contributed by atoms with Crippen molar-refractivity contribution in [3.05, 3.63) is 35.9 Å². The molecular weight excluding hydrogens is 287 g/mol. The Bertz CT molecular complexity index is 330. The highest BCUT2D eigenvalue weighted by atomic mass is 79.9. The van der Waals surface area contributed by atoms with Gasteiger partial charge in [-0.3, -0.25) is 10.2 Å². The van der Waals surface area contributed by atoms with Crippen molar-refractivity contribution < 1.29 is 21.8 Å². The van der Waals surface area contributed by atoms with Crippen LogP contribution in [0, 0.1) is 0 Å². The molecule has 0 saturated heterocycles. The summed E-state index contributed by atoms with van der Waals surface area (Å²) in [4.78, 5) is 11.2. The van der Waals surface area contributed by atoms with E-state index in [1.54, 1.807) is 0 Å². The van der Waals surface area contributed by atoms with E-state index in [4.69, 9.17) is 5.84 Å². The van der Waals surface area contributed by atoms with Gasteiger partial charge in [-0.15, -0.1) is 0 Å². The summed E-state index contributed by atoms with van der Waals surface area (Å²) in [7, 11) is -1.23. The molecule has 3 N–H and O–H groups in total. The molecule has 5 heteroatoms. The number of carbonyl (C=O) groups is 1. The minimum atomic E-state index is -1.23. The molecule has 0 aromatic heterocycles. The third kappa shape index (κ3) is 5.59. The van der Waals surface area contributed by atoms with Gasteiger partial charge >= 0.3 is 0 Å². The summed E-state index contributed by atoms with van der Waals surface area (Å²) >= 11 is 0. The smallest absolute Gasteiger partial charge is 0.271 e. The molecule has 0 radical (unpaired) electrons. The van der Waals surface area contributed by atoms with Crippen LogP contribution in [0.3, 0.4) is 0 Å². The zero-order chi connectivity index (χ0) is 11.3. The normalized spacial score (nSPS) is 10.4. The molecule has 90 valence electrons. The molecule has 16 heavy (non-hydrogen) atoms. The molecule has 0 bridgehead atoms. The fourth-order valence-electron chi connectivity index (χ4n) is 1.57. The van der Waals surface area contributed by atoms with Gasteiger partial charge < -0.3 is 17.0 Å². The van der Waals surface area contributed by atoms with Gasteiger partial charge in [-0.05, 0) is 5.56 Å². The first kappa shape index (κ1) is 15.6. The minimum absolute atomic E-state index is 0. The molecule has 0 aliphatic carbocycles. The molecule has 0 fully saturated rings. The van der Waals surface area contributed by atoms with Gasteiger partial charge in [0, 0.05) is 20.6 Å². The van der Waals surface area contributed by atoms with E-state index in [-0.39, 0.29) is 22.9 Å². The second-order valence-corrected chi connectivity index (χ2v) is 8.81. The third-order valence-electron chi connectivity index (χ3n) is 2.19. The lowest BCUT2D eigenvalue weighted by molar-refractivity contribution is -0.118. The average Bonchev–Trinajstić information content (AvgIpc) is 2.17. The second kappa shape index (κ2) is 7.00. The summed E-state index contributed by atoms with van der Waals surface area (Å²) in [5.74, 6) is 5.03. The predicted molar refractivity (Wildman–Crippen MR) is 66.1 cm³/mol. The lowest BCUT2D eigenvalue weighted by Crippen LogP contribution is -3.00. The number of halogens is 1. The molecule has 0 atom stereocenters. The molecule has 0 unspecified atom stereocenters. The molecule has 1 amide bonds. The molecular formula is C11H18BrN2OP. The number of hydrazine groups is 1. The van der Waals surface area contributed by atoms with Crippen molar-refractivity contribution in [1.82, 2.24) is 5.43 Å². The van der Waals surface area contributed by atoms with Crippen LogP contribution in [0.5, 0.6) is 0 Å². The van der Waals surface area contributed by atoms with Gasteiger partial charge in [0.15, 0.2) is 0 Å². The highest BCUT2D eigenvalue weighted by Gasteiger charge is 2.28. The summed E-state index contributed by atoms with van der Waals surface area (Å²) in [6.07, 6.45) is 1.54. The monoisotopic (exact) mass is 304 g/mol. The molecule has 0 heterocycles. The Kier molecular flexibility index (Phi) is 6.81. The molecule has 1 rings (SSSR count). The van der Waals surface area contributed by atoms with Crippen LogP contribution >= 0.6 is 7.26 Å². The van der Waals surface area contributed by atoms with E-state index in [0.717, 1.165) is 6.16 Å². The maximum absolute atomic E-state index is 11.2. The zero-order valence-electron chi connectivity index (χ0n) is 9.61. The maximum atomic E-state index is 11.2. The van der Waals surface area contributed by atoms with Crippen molar-refractivity contribution in [2.45, 2.75) is 6.16 Å². The third-order valence-corrected chi connectivity index (χ3v) is 4.55. The lowest BCUT2D eigenvalue weighted by Gasteiger charge is -2.16. The van der Waals surface area contributed by atoms with Gasteiger partial charge in [-0.2, -0.15) is 0 Å². The van der Waals surface area contributed by atoms with Crippen LogP contribution in [0.1, 0.15) is 5.56 Å². The van der Waals surface area contributed by atoms with E-state index >= 15 is 0 Å². The van der Waals surface area contributed by atoms with Gasteiger partial charge in [0.2, 0.25) is 0 Å². The van der Waals surface area contributed by atoms with Gasteiger partial charge in [-0.25, -0.2) is 5.84 Å². The van der Waals surface area contributed by atoms with Crippen LogP contribution < -0.4 is 28.2 Å². The summed E-state index contributed by atoms with van der Waals surface area (Å²) in [5, 5.41) is 0. The largest absolute Gasteiger partial charge is 1.00 e. The van der Waals surface area contributed by atoms with Gasteiger partial charge in [0.1, 0.15) is 6.16 Å². The Morgan fingerprint density at radius 1 is 1.31 bits per heavy atom. The van der Waals surface area contributed by atoms with Crippen LogP contribution in [0.2, 0.25) is 0 Å². The standard InChI is InChI=1S/C11H17N2OP.BrH/c1-15(2,9-11(14)13-12)8-10-6-4-3-5-7-10;/h3-7H,8-9,12H2,1-2H3;1H. The molecule has 0 saturated carbocycles. The van der Waals surface area contributed by atoms with Crippen molar-refractivity contribution in [3.63, 3.8) is 0 Å². The summed E-state index contributed by atoms with van der Waals surface area (Å²) in [6.45, 7) is 4.35. The minimum Gasteiger partial charge on any atom is -1.00 e. The van der Waals surface area contributed by atoms with Crippen LogP contribution in [-0.2, 0) is 11.0 Å². The van der Waals surface area contributed by atoms with E-state index in [9.17, 15) is 4.79 Å². The molecule has 3 nitrogen and oxygen atoms in total. The van der Waals surface area contributed by atoms with Crippen molar-refractivity contribution >= 4 is 13.2 Å². The van der Waals surface area contributed by atoms with Crippen molar-refractivity contribution in [2.24, 2.45) is 5.84 Å². The van der Waals surface area contributed by atoms with E-state index in [1.165, 1.54) is 5.56 Å². The SMILES string of the molecule is C[P+](C)(CC(=O)NN)Cc1ccccc1.[Br-]. The highest BCUT2D eigenvalue weighted by molar-refractivity contribution is 7.74. The van der Waals surface area contributed by atoms with Gasteiger partial charge in [-0.1, -0.05) is 30.3 Å². The molecule has 0 aliphatic rings. The van der Waals surface area contributed by atoms with Crippen molar-refractivity contribution in [2.75, 3.05) is 19.5 Å². The van der Waals surface area contributed by atoms with Crippen LogP contribution in [0.15, 0.2) is 30.3 Å². The van der Waals surface area contributed by atoms with E-state index in [1.807, 2.05) is 18.2 Å². The number of carbonyl (C=O) groups excluding carboxylic acids is 1. The van der Waals surface area contributed by atoms with E-state index in [2.05, 4.69) is 30.9 Å². The molecule has 1 aromatic carbocycles. The molecule has 0 spiro atoms. The van der Waals surface area contributed by atoms with Crippen LogP contribution in [0.25, 0.3) is 0 Å². The van der Waals surface area contributed by atoms with Gasteiger partial charge in [0.25, 0.3) is 5.91 Å². The van der Waals surface area contributed by atoms with Gasteiger partial charge in [0.05, 0.1) is 6.16 Å². The quantitative estimate of drug-likeness (QED) is 0.307. The van der Waals surface area contributed by atoms with Crippen molar-refractivity contribution in [1.29, 1.82) is 0 Å². The first-order chi connectivity index (χ1) is 7.03. The number of benzene rings is 1. The first-order valence-electron chi connectivity index (χ1n) is 4.89. The fraction of sp³-hybridized carbons (Fsp3) is 0.364. The van der Waals surface area contributed by atoms with E-state index in [0.29, 0.717) is 6.16 Å². The average molecular weight is 305 g/mol. The fourth-order valence-corrected chi connectivity index (χ4v) is 3.75. The Balaban J connectivity index is 0.00000225. The van der Waals surface area contributed by atoms with E-state index < -0.39 is 7.26 Å². The highest BCUT2D eigenvalue weighted by Crippen LogP contribution is 2.53. The van der Waals surface area contributed by atoms with Crippen molar-refractivity contribution in [3.8, 4) is 0 Å². The Morgan fingerprint density at radius 3 is 2.38 bits per heavy atom. The molecule has 0 aliphatic heterocycles. The number of nitrogens with one attached hydrogen (secondary N) is 1. The number of hydrogen-bond donors (Lipinski definition) is 2.